The summed E-state index contributed by atoms with van der Waals surface area (Å²) >= 11 is 0. The first kappa shape index (κ1) is 15.2. The van der Waals surface area contributed by atoms with E-state index < -0.39 is 23.8 Å². The maximum atomic E-state index is 12.3. The molecule has 0 fully saturated rings. The number of halogens is 3. The van der Waals surface area contributed by atoms with Crippen LogP contribution in [0.4, 0.5) is 13.2 Å². The molecule has 1 unspecified atom stereocenters. The summed E-state index contributed by atoms with van der Waals surface area (Å²) in [6.45, 7) is 3.50. The Bertz CT molecular complexity index is 452. The fourth-order valence-electron chi connectivity index (χ4n) is 1.28. The van der Waals surface area contributed by atoms with Crippen molar-refractivity contribution in [2.75, 3.05) is 6.61 Å². The predicted molar refractivity (Wildman–Crippen MR) is 65.1 cm³/mol. The highest BCUT2D eigenvalue weighted by Gasteiger charge is 2.29. The van der Waals surface area contributed by atoms with Crippen LogP contribution in [0.5, 0.6) is 0 Å². The predicted octanol–water partition coefficient (Wildman–Crippen LogP) is 3.08. The van der Waals surface area contributed by atoms with E-state index in [1.165, 1.54) is 18.3 Å². The number of rotatable bonds is 4. The molecular weight excluding hydrogens is 259 g/mol. The van der Waals surface area contributed by atoms with E-state index in [-0.39, 0.29) is 6.61 Å². The third-order valence-corrected chi connectivity index (χ3v) is 2.31. The lowest BCUT2D eigenvalue weighted by Gasteiger charge is -2.07. The lowest BCUT2D eigenvalue weighted by Crippen LogP contribution is -2.18. The van der Waals surface area contributed by atoms with Gasteiger partial charge in [-0.05, 0) is 31.5 Å². The van der Waals surface area contributed by atoms with Crippen molar-refractivity contribution in [2.45, 2.75) is 26.1 Å². The quantitative estimate of drug-likeness (QED) is 0.624. The van der Waals surface area contributed by atoms with Gasteiger partial charge in [0.2, 0.25) is 0 Å². The molecule has 1 atom stereocenters. The van der Waals surface area contributed by atoms with Crippen molar-refractivity contribution in [3.05, 3.63) is 35.4 Å². The van der Waals surface area contributed by atoms with Crippen LogP contribution in [0, 0.1) is 0 Å². The summed E-state index contributed by atoms with van der Waals surface area (Å²) in [5.74, 6) is -0.467. The molecule has 0 N–H and O–H groups in total. The minimum atomic E-state index is -4.35. The molecule has 0 aliphatic heterocycles. The second-order valence-electron chi connectivity index (χ2n) is 3.83. The minimum Gasteiger partial charge on any atom is -0.464 e. The third-order valence-electron chi connectivity index (χ3n) is 2.31. The van der Waals surface area contributed by atoms with Crippen molar-refractivity contribution in [3.8, 4) is 0 Å². The Morgan fingerprint density at radius 2 is 1.95 bits per heavy atom. The number of benzene rings is 1. The Balaban J connectivity index is 2.70. The normalized spacial score (nSPS) is 13.5. The molecule has 0 radical (unpaired) electrons. The van der Waals surface area contributed by atoms with Gasteiger partial charge in [0.15, 0.2) is 0 Å². The number of aliphatic imine (C=N–C) groups is 1. The molecule has 0 heterocycles. The lowest BCUT2D eigenvalue weighted by atomic mass is 10.1. The fourth-order valence-corrected chi connectivity index (χ4v) is 1.28. The van der Waals surface area contributed by atoms with Gasteiger partial charge in [-0.2, -0.15) is 13.2 Å². The Morgan fingerprint density at radius 1 is 1.37 bits per heavy atom. The summed E-state index contributed by atoms with van der Waals surface area (Å²) in [6, 6.07) is 3.85. The molecule has 1 rings (SSSR count). The van der Waals surface area contributed by atoms with Crippen molar-refractivity contribution in [3.63, 3.8) is 0 Å². The van der Waals surface area contributed by atoms with Crippen LogP contribution >= 0.6 is 0 Å². The number of carbonyl (C=O) groups is 1. The van der Waals surface area contributed by atoms with Gasteiger partial charge in [-0.3, -0.25) is 4.99 Å². The minimum absolute atomic E-state index is 0.263. The molecule has 1 aromatic carbocycles. The van der Waals surface area contributed by atoms with E-state index in [0.717, 1.165) is 12.1 Å². The second-order valence-corrected chi connectivity index (χ2v) is 3.83. The summed E-state index contributed by atoms with van der Waals surface area (Å²) in [5.41, 5.74) is -0.229. The van der Waals surface area contributed by atoms with Crippen molar-refractivity contribution < 1.29 is 22.7 Å². The highest BCUT2D eigenvalue weighted by Crippen LogP contribution is 2.28. The van der Waals surface area contributed by atoms with Gasteiger partial charge >= 0.3 is 12.1 Å². The number of esters is 1. The first-order valence-corrected chi connectivity index (χ1v) is 5.71. The van der Waals surface area contributed by atoms with E-state index in [0.29, 0.717) is 5.56 Å². The summed E-state index contributed by atoms with van der Waals surface area (Å²) in [7, 11) is 0. The molecule has 1 aromatic rings. The van der Waals surface area contributed by atoms with Crippen LogP contribution in [0.2, 0.25) is 0 Å². The molecular formula is C13H14F3NO2. The second kappa shape index (κ2) is 6.36. The molecule has 0 aliphatic carbocycles. The van der Waals surface area contributed by atoms with Gasteiger partial charge in [0.1, 0.15) is 6.04 Å². The molecule has 6 heteroatoms. The van der Waals surface area contributed by atoms with Crippen LogP contribution in [0.15, 0.2) is 29.3 Å². The van der Waals surface area contributed by atoms with Crippen molar-refractivity contribution >= 4 is 12.2 Å². The monoisotopic (exact) mass is 273 g/mol. The SMILES string of the molecule is CCOC(=O)C(C)N=Cc1ccc(C(F)(F)F)cc1. The highest BCUT2D eigenvalue weighted by molar-refractivity contribution is 5.83. The highest BCUT2D eigenvalue weighted by atomic mass is 19.4. The maximum Gasteiger partial charge on any atom is 0.416 e. The van der Waals surface area contributed by atoms with E-state index in [4.69, 9.17) is 4.74 Å². The zero-order valence-corrected chi connectivity index (χ0v) is 10.6. The Kier molecular flexibility index (Phi) is 5.09. The fraction of sp³-hybridized carbons (Fsp3) is 0.385. The zero-order chi connectivity index (χ0) is 14.5. The molecule has 0 aliphatic rings. The van der Waals surface area contributed by atoms with Gasteiger partial charge < -0.3 is 4.74 Å². The van der Waals surface area contributed by atoms with Crippen molar-refractivity contribution in [2.24, 2.45) is 4.99 Å². The molecule has 0 amide bonds. The average Bonchev–Trinajstić information content (AvgIpc) is 2.35. The number of hydrogen-bond acceptors (Lipinski definition) is 3. The zero-order valence-electron chi connectivity index (χ0n) is 10.6. The van der Waals surface area contributed by atoms with Crippen LogP contribution < -0.4 is 0 Å². The number of carbonyl (C=O) groups excluding carboxylic acids is 1. The molecule has 0 saturated heterocycles. The lowest BCUT2D eigenvalue weighted by molar-refractivity contribution is -0.144. The topological polar surface area (TPSA) is 38.7 Å². The average molecular weight is 273 g/mol. The van der Waals surface area contributed by atoms with Crippen molar-refractivity contribution in [1.29, 1.82) is 0 Å². The first-order valence-electron chi connectivity index (χ1n) is 5.71. The van der Waals surface area contributed by atoms with Crippen LogP contribution in [0.1, 0.15) is 25.0 Å². The summed E-state index contributed by atoms with van der Waals surface area (Å²) < 4.78 is 41.7. The van der Waals surface area contributed by atoms with Gasteiger partial charge in [0.25, 0.3) is 0 Å². The standard InChI is InChI=1S/C13H14F3NO2/c1-3-19-12(18)9(2)17-8-10-4-6-11(7-5-10)13(14,15)16/h4-9H,3H2,1-2H3. The van der Waals surface area contributed by atoms with E-state index in [9.17, 15) is 18.0 Å². The van der Waals surface area contributed by atoms with Crippen LogP contribution in [-0.2, 0) is 15.7 Å². The Morgan fingerprint density at radius 3 is 2.42 bits per heavy atom. The van der Waals surface area contributed by atoms with E-state index in [1.807, 2.05) is 0 Å². The molecule has 104 valence electrons. The smallest absolute Gasteiger partial charge is 0.416 e. The Hall–Kier alpha value is -1.85. The van der Waals surface area contributed by atoms with E-state index in [1.54, 1.807) is 13.8 Å². The van der Waals surface area contributed by atoms with E-state index >= 15 is 0 Å². The number of ether oxygens (including phenoxy) is 1. The molecule has 19 heavy (non-hydrogen) atoms. The Labute approximate surface area is 109 Å². The molecule has 0 spiro atoms. The largest absolute Gasteiger partial charge is 0.464 e. The van der Waals surface area contributed by atoms with Gasteiger partial charge in [-0.1, -0.05) is 12.1 Å². The third kappa shape index (κ3) is 4.73. The molecule has 3 nitrogen and oxygen atoms in total. The molecule has 0 bridgehead atoms. The first-order chi connectivity index (χ1) is 8.84. The van der Waals surface area contributed by atoms with E-state index in [2.05, 4.69) is 4.99 Å². The molecule has 0 aromatic heterocycles. The van der Waals surface area contributed by atoms with Gasteiger partial charge in [-0.25, -0.2) is 4.79 Å². The van der Waals surface area contributed by atoms with Gasteiger partial charge in [0.05, 0.1) is 12.2 Å². The van der Waals surface area contributed by atoms with Crippen LogP contribution in [0.3, 0.4) is 0 Å². The van der Waals surface area contributed by atoms with Gasteiger partial charge in [0, 0.05) is 6.21 Å². The number of alkyl halides is 3. The maximum absolute atomic E-state index is 12.3. The number of hydrogen-bond donors (Lipinski definition) is 0. The summed E-state index contributed by atoms with van der Waals surface area (Å²) in [6.07, 6.45) is -3.00. The van der Waals surface area contributed by atoms with Crippen LogP contribution in [-0.4, -0.2) is 24.8 Å². The summed E-state index contributed by atoms with van der Waals surface area (Å²) in [4.78, 5) is 15.2. The summed E-state index contributed by atoms with van der Waals surface area (Å²) in [5, 5.41) is 0. The van der Waals surface area contributed by atoms with Gasteiger partial charge in [-0.15, -0.1) is 0 Å². The van der Waals surface area contributed by atoms with Crippen LogP contribution in [0.25, 0.3) is 0 Å². The van der Waals surface area contributed by atoms with Crippen molar-refractivity contribution in [1.82, 2.24) is 0 Å². The number of nitrogens with zero attached hydrogens (tertiary/aromatic N) is 1. The molecule has 0 saturated carbocycles.